The largest absolute Gasteiger partial charge is 0.431 e. The lowest BCUT2D eigenvalue weighted by molar-refractivity contribution is -0.124. The lowest BCUT2D eigenvalue weighted by atomic mass is 9.96. The first-order valence-electron chi connectivity index (χ1n) is 10.2. The van der Waals surface area contributed by atoms with Gasteiger partial charge in [0.1, 0.15) is 5.75 Å². The number of piperidine rings is 1. The number of carbonyl (C=O) groups is 1. The third kappa shape index (κ3) is 6.03. The molecule has 3 aromatic rings. The van der Waals surface area contributed by atoms with Crippen LogP contribution < -0.4 is 9.46 Å². The smallest absolute Gasteiger partial charge is 0.279 e. The molecule has 9 heteroatoms. The van der Waals surface area contributed by atoms with Crippen molar-refractivity contribution >= 4 is 37.5 Å². The average molecular weight is 460 g/mol. The van der Waals surface area contributed by atoms with E-state index in [1.54, 1.807) is 0 Å². The third-order valence-electron chi connectivity index (χ3n) is 5.36. The van der Waals surface area contributed by atoms with E-state index in [9.17, 15) is 13.2 Å². The molecule has 2 aromatic carbocycles. The van der Waals surface area contributed by atoms with Crippen molar-refractivity contribution in [2.24, 2.45) is 5.92 Å². The van der Waals surface area contributed by atoms with Crippen LogP contribution >= 0.6 is 11.3 Å². The molecule has 0 bridgehead atoms. The Morgan fingerprint density at radius 1 is 1.16 bits per heavy atom. The summed E-state index contributed by atoms with van der Waals surface area (Å²) in [6, 6.07) is 16.0. The summed E-state index contributed by atoms with van der Waals surface area (Å²) in [6.07, 6.45) is 3.27. The van der Waals surface area contributed by atoms with Crippen LogP contribution in [0, 0.1) is 5.92 Å². The van der Waals surface area contributed by atoms with Crippen molar-refractivity contribution in [3.63, 3.8) is 0 Å². The molecule has 1 amide bonds. The van der Waals surface area contributed by atoms with Crippen LogP contribution in [-0.2, 0) is 21.2 Å². The highest BCUT2D eigenvalue weighted by molar-refractivity contribution is 7.89. The quantitative estimate of drug-likeness (QED) is 0.582. The molecule has 31 heavy (non-hydrogen) atoms. The van der Waals surface area contributed by atoms with E-state index in [4.69, 9.17) is 4.74 Å². The van der Waals surface area contributed by atoms with Gasteiger partial charge in [0.15, 0.2) is 0 Å². The molecule has 4 rings (SSSR count). The summed E-state index contributed by atoms with van der Waals surface area (Å²) in [5, 5.41) is 0.636. The summed E-state index contributed by atoms with van der Waals surface area (Å²) in [5.41, 5.74) is 2.16. The Bertz CT molecular complexity index is 1120. The van der Waals surface area contributed by atoms with Gasteiger partial charge in [-0.2, -0.15) is 0 Å². The van der Waals surface area contributed by atoms with Crippen LogP contribution in [0.5, 0.6) is 10.9 Å². The molecule has 1 aliphatic heterocycles. The molecule has 1 N–H and O–H groups in total. The Morgan fingerprint density at radius 3 is 2.55 bits per heavy atom. The van der Waals surface area contributed by atoms with Crippen LogP contribution in [0.3, 0.4) is 0 Å². The minimum Gasteiger partial charge on any atom is -0.431 e. The molecular weight excluding hydrogens is 434 g/mol. The number of aromatic nitrogens is 1. The van der Waals surface area contributed by atoms with Gasteiger partial charge < -0.3 is 9.64 Å². The highest BCUT2D eigenvalue weighted by Crippen LogP contribution is 2.31. The second-order valence-electron chi connectivity index (χ2n) is 7.80. The molecule has 0 aliphatic carbocycles. The molecule has 0 saturated carbocycles. The standard InChI is InChI=1S/C22H25N3O4S2/c1-31(27,28)24-21(26)17-11-14-25(15-12-17)13-10-16-6-8-18(9-7-16)29-22-23-19-4-2-3-5-20(19)30-22/h2-9,17H,10-15H2,1H3,(H,24,26). The summed E-state index contributed by atoms with van der Waals surface area (Å²) < 4.78 is 31.5. The number of hydrogen-bond donors (Lipinski definition) is 1. The summed E-state index contributed by atoms with van der Waals surface area (Å²) >= 11 is 1.53. The van der Waals surface area contributed by atoms with Crippen LogP contribution in [0.2, 0.25) is 0 Å². The maximum atomic E-state index is 12.0. The number of rotatable bonds is 7. The average Bonchev–Trinajstić information content (AvgIpc) is 3.15. The summed E-state index contributed by atoms with van der Waals surface area (Å²) in [5.74, 6) is 0.149. The number of para-hydroxylation sites is 1. The maximum Gasteiger partial charge on any atom is 0.279 e. The van der Waals surface area contributed by atoms with Crippen molar-refractivity contribution < 1.29 is 17.9 Å². The van der Waals surface area contributed by atoms with Crippen molar-refractivity contribution in [1.29, 1.82) is 0 Å². The highest BCUT2D eigenvalue weighted by atomic mass is 32.2. The van der Waals surface area contributed by atoms with E-state index in [1.807, 2.05) is 36.4 Å². The van der Waals surface area contributed by atoms with E-state index < -0.39 is 10.0 Å². The summed E-state index contributed by atoms with van der Waals surface area (Å²) in [4.78, 5) is 18.8. The fourth-order valence-electron chi connectivity index (χ4n) is 3.69. The SMILES string of the molecule is CS(=O)(=O)NC(=O)C1CCN(CCc2ccc(Oc3nc4ccccc4s3)cc2)CC1. The van der Waals surface area contributed by atoms with Crippen molar-refractivity contribution in [3.8, 4) is 10.9 Å². The molecular formula is C22H25N3O4S2. The number of nitrogens with one attached hydrogen (secondary N) is 1. The normalized spacial score (nSPS) is 15.8. The molecule has 0 radical (unpaired) electrons. The molecule has 1 saturated heterocycles. The van der Waals surface area contributed by atoms with Crippen molar-refractivity contribution in [2.75, 3.05) is 25.9 Å². The first kappa shape index (κ1) is 21.7. The highest BCUT2D eigenvalue weighted by Gasteiger charge is 2.26. The number of ether oxygens (including phenoxy) is 1. The minimum absolute atomic E-state index is 0.232. The molecule has 0 atom stereocenters. The van der Waals surface area contributed by atoms with E-state index in [-0.39, 0.29) is 11.8 Å². The first-order valence-corrected chi connectivity index (χ1v) is 12.9. The zero-order valence-corrected chi connectivity index (χ0v) is 18.9. The van der Waals surface area contributed by atoms with E-state index >= 15 is 0 Å². The number of hydrogen-bond acceptors (Lipinski definition) is 7. The Balaban J connectivity index is 1.24. The Labute approximate surface area is 186 Å². The van der Waals surface area contributed by atoms with E-state index in [0.717, 1.165) is 48.3 Å². The molecule has 1 fully saturated rings. The zero-order valence-electron chi connectivity index (χ0n) is 17.3. The molecule has 2 heterocycles. The van der Waals surface area contributed by atoms with Gasteiger partial charge in [-0.05, 0) is 62.2 Å². The minimum atomic E-state index is -3.49. The molecule has 1 aromatic heterocycles. The summed E-state index contributed by atoms with van der Waals surface area (Å²) in [6.45, 7) is 2.49. The predicted octanol–water partition coefficient (Wildman–Crippen LogP) is 3.42. The molecule has 1 aliphatic rings. The number of likely N-dealkylation sites (tertiary alicyclic amines) is 1. The van der Waals surface area contributed by atoms with Crippen LogP contribution in [0.4, 0.5) is 0 Å². The number of amides is 1. The van der Waals surface area contributed by atoms with Crippen molar-refractivity contribution in [3.05, 3.63) is 54.1 Å². The fraction of sp³-hybridized carbons (Fsp3) is 0.364. The second kappa shape index (κ2) is 9.33. The third-order valence-corrected chi connectivity index (χ3v) is 6.85. The molecule has 0 spiro atoms. The van der Waals surface area contributed by atoms with Gasteiger partial charge in [0.05, 0.1) is 16.5 Å². The second-order valence-corrected chi connectivity index (χ2v) is 10.5. The monoisotopic (exact) mass is 459 g/mol. The van der Waals surface area contributed by atoms with Crippen LogP contribution in [-0.4, -0.2) is 50.1 Å². The molecule has 164 valence electrons. The number of carbonyl (C=O) groups excluding carboxylic acids is 1. The van der Waals surface area contributed by atoms with Gasteiger partial charge in [0.2, 0.25) is 15.9 Å². The van der Waals surface area contributed by atoms with E-state index in [1.165, 1.54) is 16.9 Å². The van der Waals surface area contributed by atoms with Crippen molar-refractivity contribution in [2.45, 2.75) is 19.3 Å². The number of nitrogens with zero attached hydrogens (tertiary/aromatic N) is 2. The van der Waals surface area contributed by atoms with Gasteiger partial charge in [-0.15, -0.1) is 0 Å². The van der Waals surface area contributed by atoms with Crippen LogP contribution in [0.1, 0.15) is 18.4 Å². The van der Waals surface area contributed by atoms with Crippen molar-refractivity contribution in [1.82, 2.24) is 14.6 Å². The number of benzene rings is 2. The molecule has 0 unspecified atom stereocenters. The van der Waals surface area contributed by atoms with E-state index in [2.05, 4.69) is 26.7 Å². The lowest BCUT2D eigenvalue weighted by Crippen LogP contribution is -2.42. The van der Waals surface area contributed by atoms with Gasteiger partial charge in [-0.3, -0.25) is 9.52 Å². The Morgan fingerprint density at radius 2 is 1.87 bits per heavy atom. The fourth-order valence-corrected chi connectivity index (χ4v) is 5.06. The summed E-state index contributed by atoms with van der Waals surface area (Å²) in [7, 11) is -3.49. The van der Waals surface area contributed by atoms with Gasteiger partial charge in [0, 0.05) is 12.5 Å². The van der Waals surface area contributed by atoms with Gasteiger partial charge in [-0.1, -0.05) is 35.6 Å². The number of thiazole rings is 1. The van der Waals surface area contributed by atoms with Gasteiger partial charge >= 0.3 is 0 Å². The van der Waals surface area contributed by atoms with Gasteiger partial charge in [0.25, 0.3) is 5.19 Å². The Hall–Kier alpha value is -2.49. The topological polar surface area (TPSA) is 88.6 Å². The number of sulfonamides is 1. The van der Waals surface area contributed by atoms with E-state index in [0.29, 0.717) is 18.0 Å². The Kier molecular flexibility index (Phi) is 6.54. The van der Waals surface area contributed by atoms with Gasteiger partial charge in [-0.25, -0.2) is 13.4 Å². The van der Waals surface area contributed by atoms with Crippen LogP contribution in [0.25, 0.3) is 10.2 Å². The molecule has 7 nitrogen and oxygen atoms in total. The predicted molar refractivity (Wildman–Crippen MR) is 122 cm³/mol. The maximum absolute atomic E-state index is 12.0. The zero-order chi connectivity index (χ0) is 21.8. The lowest BCUT2D eigenvalue weighted by Gasteiger charge is -2.31. The van der Waals surface area contributed by atoms with Crippen LogP contribution in [0.15, 0.2) is 48.5 Å². The number of fused-ring (bicyclic) bond motifs is 1. The first-order chi connectivity index (χ1) is 14.9.